The Labute approximate surface area is 127 Å². The number of phenolic OH excluding ortho intramolecular Hbond substituents is 1. The van der Waals surface area contributed by atoms with Crippen LogP contribution in [0.5, 0.6) is 5.75 Å². The minimum absolute atomic E-state index is 0.0791. The summed E-state index contributed by atoms with van der Waals surface area (Å²) >= 11 is 0. The molecule has 0 aromatic heterocycles. The van der Waals surface area contributed by atoms with E-state index in [2.05, 4.69) is 0 Å². The van der Waals surface area contributed by atoms with Crippen LogP contribution < -0.4 is 4.90 Å². The van der Waals surface area contributed by atoms with Gasteiger partial charge in [0.1, 0.15) is 12.4 Å². The van der Waals surface area contributed by atoms with Gasteiger partial charge in [-0.2, -0.15) is 0 Å². The van der Waals surface area contributed by atoms with Crippen LogP contribution in [0.25, 0.3) is 0 Å². The molecule has 2 N–H and O–H groups in total. The number of ether oxygens (including phenoxy) is 1. The lowest BCUT2D eigenvalue weighted by Gasteiger charge is -2.46. The standard InChI is InChI=1S/C15H18N2O5/c18-12-4-2-1-3-11(12)16-7-5-15(6-8-16)10-17(14(20)21)13(19)9-22-15/h1-4,18H,5-10H2,(H,20,21). The third-order valence-electron chi connectivity index (χ3n) is 4.38. The quantitative estimate of drug-likeness (QED) is 0.812. The van der Waals surface area contributed by atoms with Gasteiger partial charge in [0.05, 0.1) is 17.8 Å². The highest BCUT2D eigenvalue weighted by atomic mass is 16.5. The van der Waals surface area contributed by atoms with Crippen LogP contribution in [-0.4, -0.2) is 59.0 Å². The highest BCUT2D eigenvalue weighted by molar-refractivity contribution is 5.92. The molecule has 7 nitrogen and oxygen atoms in total. The van der Waals surface area contributed by atoms with E-state index in [9.17, 15) is 14.7 Å². The zero-order chi connectivity index (χ0) is 15.7. The Bertz CT molecular complexity index is 595. The van der Waals surface area contributed by atoms with Gasteiger partial charge in [-0.15, -0.1) is 0 Å². The summed E-state index contributed by atoms with van der Waals surface area (Å²) in [5, 5.41) is 19.0. The molecule has 2 heterocycles. The molecule has 2 amide bonds. The van der Waals surface area contributed by atoms with Crippen LogP contribution in [0.15, 0.2) is 24.3 Å². The first-order valence-electron chi connectivity index (χ1n) is 7.21. The van der Waals surface area contributed by atoms with E-state index in [-0.39, 0.29) is 18.9 Å². The molecule has 0 atom stereocenters. The number of morpholine rings is 1. The Kier molecular flexibility index (Phi) is 3.66. The van der Waals surface area contributed by atoms with Crippen LogP contribution in [0.4, 0.5) is 10.5 Å². The number of benzene rings is 1. The lowest BCUT2D eigenvalue weighted by molar-refractivity contribution is -0.162. The lowest BCUT2D eigenvalue weighted by Crippen LogP contribution is -2.59. The topological polar surface area (TPSA) is 90.3 Å². The van der Waals surface area contributed by atoms with Crippen LogP contribution in [0, 0.1) is 0 Å². The second-order valence-corrected chi connectivity index (χ2v) is 5.71. The second kappa shape index (κ2) is 5.49. The van der Waals surface area contributed by atoms with Crippen molar-refractivity contribution in [3.63, 3.8) is 0 Å². The predicted molar refractivity (Wildman–Crippen MR) is 78.0 cm³/mol. The molecule has 3 rings (SSSR count). The smallest absolute Gasteiger partial charge is 0.414 e. The van der Waals surface area contributed by atoms with Gasteiger partial charge in [-0.3, -0.25) is 4.79 Å². The Morgan fingerprint density at radius 1 is 1.23 bits per heavy atom. The number of aromatic hydroxyl groups is 1. The minimum atomic E-state index is -1.23. The van der Waals surface area contributed by atoms with Crippen molar-refractivity contribution in [1.29, 1.82) is 0 Å². The number of nitrogens with zero attached hydrogens (tertiary/aromatic N) is 2. The third-order valence-corrected chi connectivity index (χ3v) is 4.38. The molecule has 1 aromatic carbocycles. The Morgan fingerprint density at radius 2 is 1.91 bits per heavy atom. The summed E-state index contributed by atoms with van der Waals surface area (Å²) < 4.78 is 5.67. The van der Waals surface area contributed by atoms with Crippen LogP contribution >= 0.6 is 0 Å². The maximum atomic E-state index is 11.6. The minimum Gasteiger partial charge on any atom is -0.506 e. The van der Waals surface area contributed by atoms with Crippen molar-refractivity contribution in [2.45, 2.75) is 18.4 Å². The summed E-state index contributed by atoms with van der Waals surface area (Å²) in [7, 11) is 0. The number of rotatable bonds is 1. The molecule has 0 saturated carbocycles. The summed E-state index contributed by atoms with van der Waals surface area (Å²) in [6, 6.07) is 7.12. The van der Waals surface area contributed by atoms with Crippen molar-refractivity contribution in [2.75, 3.05) is 31.1 Å². The van der Waals surface area contributed by atoms with E-state index in [0.717, 1.165) is 10.6 Å². The van der Waals surface area contributed by atoms with Crippen molar-refractivity contribution < 1.29 is 24.5 Å². The van der Waals surface area contributed by atoms with E-state index < -0.39 is 17.6 Å². The van der Waals surface area contributed by atoms with E-state index >= 15 is 0 Å². The summed E-state index contributed by atoms with van der Waals surface area (Å²) in [5.74, 6) is -0.286. The molecule has 2 aliphatic rings. The Balaban J connectivity index is 1.70. The van der Waals surface area contributed by atoms with Crippen LogP contribution in [0.2, 0.25) is 0 Å². The molecule has 2 saturated heterocycles. The molecule has 22 heavy (non-hydrogen) atoms. The van der Waals surface area contributed by atoms with Gasteiger partial charge in [-0.25, -0.2) is 9.69 Å². The number of carbonyl (C=O) groups is 2. The van der Waals surface area contributed by atoms with Gasteiger partial charge in [0.25, 0.3) is 5.91 Å². The second-order valence-electron chi connectivity index (χ2n) is 5.71. The fraction of sp³-hybridized carbons (Fsp3) is 0.467. The molecule has 7 heteroatoms. The SMILES string of the molecule is O=C(O)N1CC2(CCN(c3ccccc3O)CC2)OCC1=O. The highest BCUT2D eigenvalue weighted by Gasteiger charge is 2.44. The third kappa shape index (κ3) is 2.59. The average Bonchev–Trinajstić information content (AvgIpc) is 2.51. The monoisotopic (exact) mass is 306 g/mol. The number of para-hydroxylation sites is 2. The fourth-order valence-electron chi connectivity index (χ4n) is 3.08. The van der Waals surface area contributed by atoms with Gasteiger partial charge >= 0.3 is 6.09 Å². The van der Waals surface area contributed by atoms with Crippen molar-refractivity contribution in [1.82, 2.24) is 4.90 Å². The van der Waals surface area contributed by atoms with Crippen LogP contribution in [0.3, 0.4) is 0 Å². The maximum absolute atomic E-state index is 11.6. The highest BCUT2D eigenvalue weighted by Crippen LogP contribution is 2.35. The molecule has 0 bridgehead atoms. The molecule has 1 aromatic rings. The number of imide groups is 1. The molecule has 2 aliphatic heterocycles. The van der Waals surface area contributed by atoms with Gasteiger partial charge in [-0.05, 0) is 25.0 Å². The number of anilines is 1. The Hall–Kier alpha value is -2.28. The van der Waals surface area contributed by atoms with E-state index in [1.54, 1.807) is 12.1 Å². The summed E-state index contributed by atoms with van der Waals surface area (Å²) in [6.45, 7) is 1.16. The van der Waals surface area contributed by atoms with E-state index in [0.29, 0.717) is 25.9 Å². The summed E-state index contributed by atoms with van der Waals surface area (Å²) in [6.07, 6.45) is -0.00707. The van der Waals surface area contributed by atoms with E-state index in [4.69, 9.17) is 9.84 Å². The molecule has 0 aliphatic carbocycles. The molecular formula is C15H18N2O5. The van der Waals surface area contributed by atoms with Crippen molar-refractivity contribution in [3.8, 4) is 5.75 Å². The lowest BCUT2D eigenvalue weighted by atomic mass is 9.89. The molecule has 1 spiro atoms. The van der Waals surface area contributed by atoms with E-state index in [1.165, 1.54) is 0 Å². The number of carboxylic acid groups (broad SMARTS) is 1. The number of phenols is 1. The Morgan fingerprint density at radius 3 is 2.55 bits per heavy atom. The molecule has 118 valence electrons. The number of hydrogen-bond donors (Lipinski definition) is 2. The number of piperidine rings is 1. The molecule has 2 fully saturated rings. The van der Waals surface area contributed by atoms with Gasteiger partial charge < -0.3 is 19.8 Å². The molecule has 0 radical (unpaired) electrons. The summed E-state index contributed by atoms with van der Waals surface area (Å²) in [5.41, 5.74) is 0.159. The first kappa shape index (κ1) is 14.6. The van der Waals surface area contributed by atoms with Gasteiger partial charge in [0.2, 0.25) is 0 Å². The fourth-order valence-corrected chi connectivity index (χ4v) is 3.08. The number of carbonyl (C=O) groups excluding carboxylic acids is 1. The number of hydrogen-bond acceptors (Lipinski definition) is 5. The first-order chi connectivity index (χ1) is 10.5. The zero-order valence-electron chi connectivity index (χ0n) is 12.1. The van der Waals surface area contributed by atoms with Gasteiger partial charge in [0.15, 0.2) is 0 Å². The summed E-state index contributed by atoms with van der Waals surface area (Å²) in [4.78, 5) is 25.6. The van der Waals surface area contributed by atoms with Gasteiger partial charge in [-0.1, -0.05) is 12.1 Å². The largest absolute Gasteiger partial charge is 0.506 e. The zero-order valence-corrected chi connectivity index (χ0v) is 12.1. The van der Waals surface area contributed by atoms with Crippen molar-refractivity contribution >= 4 is 17.7 Å². The van der Waals surface area contributed by atoms with E-state index in [1.807, 2.05) is 17.0 Å². The van der Waals surface area contributed by atoms with Crippen molar-refractivity contribution in [3.05, 3.63) is 24.3 Å². The van der Waals surface area contributed by atoms with Crippen molar-refractivity contribution in [2.24, 2.45) is 0 Å². The normalized spacial score (nSPS) is 21.2. The maximum Gasteiger partial charge on any atom is 0.414 e. The van der Waals surface area contributed by atoms with Crippen LogP contribution in [0.1, 0.15) is 12.8 Å². The molecular weight excluding hydrogens is 288 g/mol. The predicted octanol–water partition coefficient (Wildman–Crippen LogP) is 1.27. The van der Waals surface area contributed by atoms with Gasteiger partial charge in [0, 0.05) is 13.1 Å². The molecule has 0 unspecified atom stereocenters. The average molecular weight is 306 g/mol. The number of amides is 2. The van der Waals surface area contributed by atoms with Crippen LogP contribution in [-0.2, 0) is 9.53 Å². The first-order valence-corrected chi connectivity index (χ1v) is 7.21.